The quantitative estimate of drug-likeness (QED) is 0.260. The van der Waals surface area contributed by atoms with E-state index in [-0.39, 0.29) is 13.0 Å². The van der Waals surface area contributed by atoms with Gasteiger partial charge in [0, 0.05) is 10.7 Å². The van der Waals surface area contributed by atoms with Crippen LogP contribution in [0.25, 0.3) is 0 Å². The van der Waals surface area contributed by atoms with Crippen LogP contribution in [0.5, 0.6) is 5.75 Å². The van der Waals surface area contributed by atoms with Crippen molar-refractivity contribution in [2.45, 2.75) is 6.42 Å². The second-order valence-corrected chi connectivity index (χ2v) is 6.87. The molecule has 0 atom stereocenters. The van der Waals surface area contributed by atoms with Crippen molar-refractivity contribution in [3.63, 3.8) is 0 Å². The molecule has 0 fully saturated rings. The fourth-order valence-corrected chi connectivity index (χ4v) is 2.65. The summed E-state index contributed by atoms with van der Waals surface area (Å²) < 4.78 is 10.4. The zero-order valence-electron chi connectivity index (χ0n) is 15.3. The number of hydrogen-bond donors (Lipinski definition) is 2. The highest BCUT2D eigenvalue weighted by molar-refractivity contribution is 9.10. The highest BCUT2D eigenvalue weighted by Gasteiger charge is 2.09. The highest BCUT2D eigenvalue weighted by atomic mass is 79.9. The molecule has 2 amide bonds. The second-order valence-electron chi connectivity index (χ2n) is 5.58. The van der Waals surface area contributed by atoms with Crippen LogP contribution in [0.3, 0.4) is 0 Å². The SMILES string of the molecule is COC(=O)COc1ccc(C=NNC(=O)CC(=O)Nc2ccc(Cl)cc2)cc1Br. The van der Waals surface area contributed by atoms with E-state index < -0.39 is 17.8 Å². The van der Waals surface area contributed by atoms with Gasteiger partial charge in [-0.2, -0.15) is 5.10 Å². The molecule has 0 unspecified atom stereocenters. The number of esters is 1. The van der Waals surface area contributed by atoms with E-state index in [1.165, 1.54) is 13.3 Å². The van der Waals surface area contributed by atoms with E-state index in [9.17, 15) is 14.4 Å². The van der Waals surface area contributed by atoms with Gasteiger partial charge in [0.05, 0.1) is 17.8 Å². The molecule has 0 aliphatic rings. The van der Waals surface area contributed by atoms with E-state index in [4.69, 9.17) is 16.3 Å². The molecule has 152 valence electrons. The molecule has 0 radical (unpaired) electrons. The number of nitrogens with zero attached hydrogens (tertiary/aromatic N) is 1. The van der Waals surface area contributed by atoms with Crippen LogP contribution in [0, 0.1) is 0 Å². The molecule has 0 aromatic heterocycles. The summed E-state index contributed by atoms with van der Waals surface area (Å²) >= 11 is 9.09. The predicted molar refractivity (Wildman–Crippen MR) is 112 cm³/mol. The number of halogens is 2. The molecule has 0 bridgehead atoms. The number of carbonyl (C=O) groups is 3. The Hall–Kier alpha value is -2.91. The maximum absolute atomic E-state index is 11.8. The monoisotopic (exact) mass is 481 g/mol. The van der Waals surface area contributed by atoms with Crippen molar-refractivity contribution in [2.75, 3.05) is 19.0 Å². The topological polar surface area (TPSA) is 106 Å². The summed E-state index contributed by atoms with van der Waals surface area (Å²) in [4.78, 5) is 34.8. The molecule has 0 heterocycles. The third-order valence-electron chi connectivity index (χ3n) is 3.38. The first-order chi connectivity index (χ1) is 13.9. The molecular weight excluding hydrogens is 466 g/mol. The predicted octanol–water partition coefficient (Wildman–Crippen LogP) is 3.13. The van der Waals surface area contributed by atoms with Gasteiger partial charge in [-0.05, 0) is 64.0 Å². The minimum absolute atomic E-state index is 0.212. The van der Waals surface area contributed by atoms with E-state index in [2.05, 4.69) is 36.5 Å². The van der Waals surface area contributed by atoms with Crippen molar-refractivity contribution in [3.8, 4) is 5.75 Å². The van der Waals surface area contributed by atoms with E-state index in [1.54, 1.807) is 42.5 Å². The Bertz CT molecular complexity index is 919. The van der Waals surface area contributed by atoms with Gasteiger partial charge in [0.2, 0.25) is 11.8 Å². The first-order valence-corrected chi connectivity index (χ1v) is 9.41. The number of amides is 2. The van der Waals surface area contributed by atoms with Crippen LogP contribution in [0.1, 0.15) is 12.0 Å². The van der Waals surface area contributed by atoms with Crippen LogP contribution >= 0.6 is 27.5 Å². The zero-order chi connectivity index (χ0) is 21.2. The highest BCUT2D eigenvalue weighted by Crippen LogP contribution is 2.25. The molecule has 0 saturated heterocycles. The Morgan fingerprint density at radius 1 is 1.14 bits per heavy atom. The van der Waals surface area contributed by atoms with Crippen LogP contribution < -0.4 is 15.5 Å². The summed E-state index contributed by atoms with van der Waals surface area (Å²) in [5.41, 5.74) is 3.48. The molecule has 8 nitrogen and oxygen atoms in total. The van der Waals surface area contributed by atoms with Gasteiger partial charge in [0.1, 0.15) is 12.2 Å². The van der Waals surface area contributed by atoms with Gasteiger partial charge in [-0.1, -0.05) is 11.6 Å². The molecule has 0 saturated carbocycles. The average molecular weight is 483 g/mol. The van der Waals surface area contributed by atoms with Crippen molar-refractivity contribution in [2.24, 2.45) is 5.10 Å². The Morgan fingerprint density at radius 2 is 1.86 bits per heavy atom. The Balaban J connectivity index is 1.81. The van der Waals surface area contributed by atoms with Crippen LogP contribution in [0.4, 0.5) is 5.69 Å². The summed E-state index contributed by atoms with van der Waals surface area (Å²) in [5.74, 6) is -1.08. The molecule has 10 heteroatoms. The van der Waals surface area contributed by atoms with Crippen LogP contribution in [-0.2, 0) is 19.1 Å². The number of rotatable bonds is 8. The minimum Gasteiger partial charge on any atom is -0.481 e. The number of nitrogens with one attached hydrogen (secondary N) is 2. The number of ether oxygens (including phenoxy) is 2. The summed E-state index contributed by atoms with van der Waals surface area (Å²) in [6, 6.07) is 11.5. The van der Waals surface area contributed by atoms with Crippen LogP contribution in [-0.4, -0.2) is 37.7 Å². The van der Waals surface area contributed by atoms with Gasteiger partial charge < -0.3 is 14.8 Å². The van der Waals surface area contributed by atoms with Crippen molar-refractivity contribution in [1.82, 2.24) is 5.43 Å². The molecule has 0 spiro atoms. The fraction of sp³-hybridized carbons (Fsp3) is 0.158. The fourth-order valence-electron chi connectivity index (χ4n) is 2.01. The molecule has 2 rings (SSSR count). The lowest BCUT2D eigenvalue weighted by atomic mass is 10.2. The van der Waals surface area contributed by atoms with Gasteiger partial charge in [-0.25, -0.2) is 10.2 Å². The largest absolute Gasteiger partial charge is 0.481 e. The van der Waals surface area contributed by atoms with Crippen molar-refractivity contribution in [3.05, 3.63) is 57.5 Å². The summed E-state index contributed by atoms with van der Waals surface area (Å²) in [5, 5.41) is 6.94. The van der Waals surface area contributed by atoms with Crippen molar-refractivity contribution < 1.29 is 23.9 Å². The number of hydrazone groups is 1. The van der Waals surface area contributed by atoms with Gasteiger partial charge in [-0.3, -0.25) is 9.59 Å². The molecule has 29 heavy (non-hydrogen) atoms. The second kappa shape index (κ2) is 11.2. The average Bonchev–Trinajstić information content (AvgIpc) is 2.68. The first kappa shape index (κ1) is 22.4. The van der Waals surface area contributed by atoms with Gasteiger partial charge >= 0.3 is 5.97 Å². The maximum atomic E-state index is 11.8. The van der Waals surface area contributed by atoms with E-state index in [0.717, 1.165) is 0 Å². The minimum atomic E-state index is -0.565. The van der Waals surface area contributed by atoms with Gasteiger partial charge in [-0.15, -0.1) is 0 Å². The first-order valence-electron chi connectivity index (χ1n) is 8.24. The number of hydrogen-bond acceptors (Lipinski definition) is 6. The number of methoxy groups -OCH3 is 1. The molecule has 0 aliphatic heterocycles. The lowest BCUT2D eigenvalue weighted by Crippen LogP contribution is -2.24. The Kier molecular flexibility index (Phi) is 8.63. The number of benzene rings is 2. The molecular formula is C19H17BrClN3O5. The third kappa shape index (κ3) is 7.92. The smallest absolute Gasteiger partial charge is 0.343 e. The summed E-state index contributed by atoms with van der Waals surface area (Å²) in [7, 11) is 1.27. The Morgan fingerprint density at radius 3 is 2.52 bits per heavy atom. The molecule has 2 N–H and O–H groups in total. The maximum Gasteiger partial charge on any atom is 0.343 e. The lowest BCUT2D eigenvalue weighted by molar-refractivity contribution is -0.143. The van der Waals surface area contributed by atoms with Crippen molar-refractivity contribution in [1.29, 1.82) is 0 Å². The van der Waals surface area contributed by atoms with Crippen LogP contribution in [0.15, 0.2) is 52.0 Å². The van der Waals surface area contributed by atoms with Gasteiger partial charge in [0.15, 0.2) is 6.61 Å². The third-order valence-corrected chi connectivity index (χ3v) is 4.25. The van der Waals surface area contributed by atoms with E-state index >= 15 is 0 Å². The van der Waals surface area contributed by atoms with E-state index in [1.807, 2.05) is 0 Å². The number of anilines is 1. The summed E-state index contributed by atoms with van der Waals surface area (Å²) in [6.07, 6.45) is 1.02. The van der Waals surface area contributed by atoms with Crippen LogP contribution in [0.2, 0.25) is 5.02 Å². The lowest BCUT2D eigenvalue weighted by Gasteiger charge is -2.07. The number of carbonyl (C=O) groups excluding carboxylic acids is 3. The standard InChI is InChI=1S/C19H17BrClN3O5/c1-28-19(27)11-29-16-7-2-12(8-15(16)20)10-22-24-18(26)9-17(25)23-14-5-3-13(21)4-6-14/h2-8,10H,9,11H2,1H3,(H,23,25)(H,24,26). The zero-order valence-corrected chi connectivity index (χ0v) is 17.6. The molecule has 2 aromatic rings. The van der Waals surface area contributed by atoms with Crippen molar-refractivity contribution >= 4 is 57.2 Å². The molecule has 0 aliphatic carbocycles. The van der Waals surface area contributed by atoms with Gasteiger partial charge in [0.25, 0.3) is 0 Å². The van der Waals surface area contributed by atoms with E-state index in [0.29, 0.717) is 26.5 Å². The normalized spacial score (nSPS) is 10.4. The molecule has 2 aromatic carbocycles. The Labute approximate surface area is 180 Å². The summed E-state index contributed by atoms with van der Waals surface area (Å²) in [6.45, 7) is -0.212.